The number of rotatable bonds is 10. The molecule has 0 unspecified atom stereocenters. The van der Waals surface area contributed by atoms with Crippen molar-refractivity contribution in [2.45, 2.75) is 137 Å². The Hall–Kier alpha value is -3.30. The van der Waals surface area contributed by atoms with Gasteiger partial charge in [0.2, 0.25) is 11.6 Å². The zero-order valence-corrected chi connectivity index (χ0v) is 26.8. The van der Waals surface area contributed by atoms with E-state index in [1.165, 1.54) is 31.0 Å². The van der Waals surface area contributed by atoms with Crippen molar-refractivity contribution in [2.75, 3.05) is 7.11 Å². The van der Waals surface area contributed by atoms with Crippen LogP contribution in [0.2, 0.25) is 0 Å². The van der Waals surface area contributed by atoms with Crippen LogP contribution in [-0.2, 0) is 9.53 Å². The lowest BCUT2D eigenvalue weighted by Gasteiger charge is -2.26. The molecule has 0 spiro atoms. The fraction of sp³-hybridized carbons (Fsp3) is 0.688. The van der Waals surface area contributed by atoms with Crippen molar-refractivity contribution in [2.24, 2.45) is 10.2 Å². The maximum absolute atomic E-state index is 13.5. The molecule has 1 aromatic heterocycles. The summed E-state index contributed by atoms with van der Waals surface area (Å²) in [7, 11) is 1.51. The smallest absolute Gasteiger partial charge is 0.280 e. The average molecular weight is 585 g/mol. The third-order valence-corrected chi connectivity index (χ3v) is 7.86. The molecule has 234 valence electrons. The minimum absolute atomic E-state index is 0.0304. The van der Waals surface area contributed by atoms with Gasteiger partial charge >= 0.3 is 0 Å². The summed E-state index contributed by atoms with van der Waals surface area (Å²) in [5, 5.41) is 15.1. The maximum Gasteiger partial charge on any atom is 0.280 e. The van der Waals surface area contributed by atoms with Crippen molar-refractivity contribution < 1.29 is 19.1 Å². The zero-order valence-electron chi connectivity index (χ0n) is 26.8. The van der Waals surface area contributed by atoms with Gasteiger partial charge in [-0.1, -0.05) is 80.1 Å². The second-order valence-corrected chi connectivity index (χ2v) is 10.4. The predicted octanol–water partition coefficient (Wildman–Crippen LogP) is 7.19. The Morgan fingerprint density at radius 1 is 0.929 bits per heavy atom. The van der Waals surface area contributed by atoms with Crippen molar-refractivity contribution >= 4 is 23.4 Å². The van der Waals surface area contributed by atoms with Crippen LogP contribution in [-0.4, -0.2) is 52.8 Å². The van der Waals surface area contributed by atoms with Crippen LogP contribution in [0.3, 0.4) is 0 Å². The molecule has 0 saturated heterocycles. The van der Waals surface area contributed by atoms with Gasteiger partial charge in [0.1, 0.15) is 11.4 Å². The summed E-state index contributed by atoms with van der Waals surface area (Å²) in [6.07, 6.45) is 13.3. The number of carbonyl (C=O) groups excluding carboxylic acids is 3. The van der Waals surface area contributed by atoms with Crippen LogP contribution in [0.4, 0.5) is 5.69 Å². The summed E-state index contributed by atoms with van der Waals surface area (Å²) in [5.41, 5.74) is 0.433. The first-order valence-electron chi connectivity index (χ1n) is 16.1. The van der Waals surface area contributed by atoms with E-state index in [4.69, 9.17) is 4.74 Å². The van der Waals surface area contributed by atoms with Gasteiger partial charge in [-0.05, 0) is 44.6 Å². The molecule has 2 saturated carbocycles. The number of carbonyl (C=O) groups is 3. The van der Waals surface area contributed by atoms with Crippen LogP contribution < -0.4 is 10.6 Å². The van der Waals surface area contributed by atoms with Crippen LogP contribution in [0.15, 0.2) is 34.1 Å². The Bertz CT molecular complexity index is 1090. The molecule has 3 amide bonds. The quantitative estimate of drug-likeness (QED) is 0.130. The van der Waals surface area contributed by atoms with Crippen molar-refractivity contribution in [1.82, 2.24) is 20.5 Å². The molecule has 10 heteroatoms. The minimum Gasteiger partial charge on any atom is -0.481 e. The second kappa shape index (κ2) is 18.3. The average Bonchev–Trinajstić information content (AvgIpc) is 3.30. The lowest BCUT2D eigenvalue weighted by atomic mass is 9.95. The number of ether oxygens (including phenoxy) is 1. The van der Waals surface area contributed by atoms with Crippen molar-refractivity contribution in [1.29, 1.82) is 0 Å². The SMILES string of the molecule is CC.CC.CCC(CC)N1C(=O)c2nccc(N=N/C(C(=O)NC3CCCCC3)=C(/NC3CCCCC3)OC)c2C1=O. The zero-order chi connectivity index (χ0) is 31.1. The molecule has 0 bridgehead atoms. The van der Waals surface area contributed by atoms with Gasteiger partial charge in [-0.3, -0.25) is 24.3 Å². The summed E-state index contributed by atoms with van der Waals surface area (Å²) in [5.74, 6) is -0.948. The molecule has 0 aromatic carbocycles. The standard InChI is InChI=1S/C28H40N6O4.2C2H6/c1-4-20(5-2)34-27(36)22-21(16-17-29-23(22)28(34)37)32-33-24(25(35)30-18-12-8-6-9-13-18)26(38-3)31-19-14-10-7-11-15-19;2*1-2/h16-20,31H,4-15H2,1-3H3,(H,30,35);2*1-2H3/b26-24-,33-32?;;. The number of nitrogens with one attached hydrogen (secondary N) is 2. The summed E-state index contributed by atoms with van der Waals surface area (Å²) >= 11 is 0. The summed E-state index contributed by atoms with van der Waals surface area (Å²) < 4.78 is 5.63. The van der Waals surface area contributed by atoms with Crippen LogP contribution in [0, 0.1) is 0 Å². The second-order valence-electron chi connectivity index (χ2n) is 10.4. The fourth-order valence-corrected chi connectivity index (χ4v) is 5.67. The van der Waals surface area contributed by atoms with Gasteiger partial charge < -0.3 is 15.4 Å². The molecule has 42 heavy (non-hydrogen) atoms. The number of azo groups is 1. The molecule has 0 radical (unpaired) electrons. The molecule has 0 atom stereocenters. The Labute approximate surface area is 252 Å². The molecule has 2 fully saturated rings. The number of pyridine rings is 1. The van der Waals surface area contributed by atoms with Gasteiger partial charge in [-0.2, -0.15) is 0 Å². The van der Waals surface area contributed by atoms with E-state index < -0.39 is 11.8 Å². The van der Waals surface area contributed by atoms with Gasteiger partial charge in [0, 0.05) is 24.3 Å². The minimum atomic E-state index is -0.426. The van der Waals surface area contributed by atoms with Crippen LogP contribution in [0.5, 0.6) is 0 Å². The number of hydrogen-bond donors (Lipinski definition) is 2. The number of nitrogens with zero attached hydrogens (tertiary/aromatic N) is 4. The van der Waals surface area contributed by atoms with Crippen molar-refractivity contribution in [3.05, 3.63) is 35.1 Å². The Morgan fingerprint density at radius 2 is 1.48 bits per heavy atom. The van der Waals surface area contributed by atoms with Crippen LogP contribution in [0.25, 0.3) is 0 Å². The normalized spacial score (nSPS) is 18.0. The van der Waals surface area contributed by atoms with Gasteiger partial charge in [0.25, 0.3) is 17.7 Å². The maximum atomic E-state index is 13.5. The Balaban J connectivity index is 0.00000148. The monoisotopic (exact) mass is 584 g/mol. The molecule has 2 N–H and O–H groups in total. The van der Waals surface area contributed by atoms with E-state index in [9.17, 15) is 14.4 Å². The molecular formula is C32H52N6O4. The van der Waals surface area contributed by atoms with Crippen LogP contribution in [0.1, 0.15) is 139 Å². The molecule has 2 heterocycles. The van der Waals surface area contributed by atoms with Crippen LogP contribution >= 0.6 is 0 Å². The third kappa shape index (κ3) is 8.61. The molecule has 1 aromatic rings. The predicted molar refractivity (Wildman–Crippen MR) is 165 cm³/mol. The van der Waals surface area contributed by atoms with Gasteiger partial charge in [-0.25, -0.2) is 0 Å². The highest BCUT2D eigenvalue weighted by atomic mass is 16.5. The highest BCUT2D eigenvalue weighted by molar-refractivity contribution is 6.22. The third-order valence-electron chi connectivity index (χ3n) is 7.86. The number of methoxy groups -OCH3 is 1. The summed E-state index contributed by atoms with van der Waals surface area (Å²) in [4.78, 5) is 45.3. The number of imide groups is 1. The summed E-state index contributed by atoms with van der Waals surface area (Å²) in [6, 6.07) is 1.59. The van der Waals surface area contributed by atoms with E-state index in [1.807, 2.05) is 41.5 Å². The van der Waals surface area contributed by atoms with E-state index in [2.05, 4.69) is 25.8 Å². The van der Waals surface area contributed by atoms with E-state index in [0.717, 1.165) is 51.4 Å². The molecule has 4 rings (SSSR count). The van der Waals surface area contributed by atoms with Crippen molar-refractivity contribution in [3.63, 3.8) is 0 Å². The van der Waals surface area contributed by atoms with E-state index >= 15 is 0 Å². The Kier molecular flexibility index (Phi) is 15.2. The molecule has 3 aliphatic rings. The first kappa shape index (κ1) is 34.9. The molecule has 1 aliphatic heterocycles. The van der Waals surface area contributed by atoms with Gasteiger partial charge in [-0.15, -0.1) is 10.2 Å². The highest BCUT2D eigenvalue weighted by Gasteiger charge is 2.42. The molecular weight excluding hydrogens is 532 g/mol. The van der Waals surface area contributed by atoms with Gasteiger partial charge in [0.05, 0.1) is 12.7 Å². The topological polar surface area (TPSA) is 125 Å². The highest BCUT2D eigenvalue weighted by Crippen LogP contribution is 2.33. The molecule has 2 aliphatic carbocycles. The first-order chi connectivity index (χ1) is 20.5. The lowest BCUT2D eigenvalue weighted by Crippen LogP contribution is -2.39. The van der Waals surface area contributed by atoms with E-state index in [0.29, 0.717) is 12.8 Å². The molecule has 10 nitrogen and oxygen atoms in total. The van der Waals surface area contributed by atoms with Gasteiger partial charge in [0.15, 0.2) is 0 Å². The number of amides is 3. The van der Waals surface area contributed by atoms with E-state index in [1.54, 1.807) is 6.07 Å². The summed E-state index contributed by atoms with van der Waals surface area (Å²) in [6.45, 7) is 11.9. The van der Waals surface area contributed by atoms with Crippen molar-refractivity contribution in [3.8, 4) is 0 Å². The largest absolute Gasteiger partial charge is 0.481 e. The number of fused-ring (bicyclic) bond motifs is 1. The fourth-order valence-electron chi connectivity index (χ4n) is 5.67. The Morgan fingerprint density at radius 3 is 2.00 bits per heavy atom. The number of hydrogen-bond acceptors (Lipinski definition) is 8. The first-order valence-corrected chi connectivity index (χ1v) is 16.1. The lowest BCUT2D eigenvalue weighted by molar-refractivity contribution is -0.118. The van der Waals surface area contributed by atoms with E-state index in [-0.39, 0.29) is 52.6 Å². The number of aromatic nitrogens is 1.